The fourth-order valence-corrected chi connectivity index (χ4v) is 5.30. The molecule has 3 amide bonds. The van der Waals surface area contributed by atoms with Crippen molar-refractivity contribution in [3.63, 3.8) is 0 Å². The largest absolute Gasteiger partial charge is 0.453 e. The molecule has 9 nitrogen and oxygen atoms in total. The van der Waals surface area contributed by atoms with E-state index in [2.05, 4.69) is 15.4 Å². The van der Waals surface area contributed by atoms with E-state index in [-0.39, 0.29) is 42.0 Å². The van der Waals surface area contributed by atoms with Gasteiger partial charge in [0.25, 0.3) is 5.82 Å². The van der Waals surface area contributed by atoms with Gasteiger partial charge >= 0.3 is 12.2 Å². The number of likely N-dealkylation sites (tertiary alicyclic amines) is 2. The number of hydrogen-bond acceptors (Lipinski definition) is 5. The molecule has 0 aromatic carbocycles. The molecule has 12 heteroatoms. The van der Waals surface area contributed by atoms with Crippen LogP contribution in [0.2, 0.25) is 0 Å². The van der Waals surface area contributed by atoms with E-state index in [1.165, 1.54) is 4.68 Å². The third kappa shape index (κ3) is 3.50. The Morgan fingerprint density at radius 2 is 2.07 bits per heavy atom. The monoisotopic (exact) mass is 428 g/mol. The average molecular weight is 428 g/mol. The molecule has 2 unspecified atom stereocenters. The molecule has 0 radical (unpaired) electrons. The van der Waals surface area contributed by atoms with Crippen LogP contribution in [0.3, 0.4) is 0 Å². The lowest BCUT2D eigenvalue weighted by Crippen LogP contribution is -2.68. The molecule has 5 rings (SSSR count). The van der Waals surface area contributed by atoms with E-state index in [0.29, 0.717) is 39.1 Å². The van der Waals surface area contributed by atoms with E-state index in [9.17, 15) is 22.8 Å². The molecular weight excluding hydrogens is 405 g/mol. The van der Waals surface area contributed by atoms with Crippen LogP contribution >= 0.6 is 0 Å². The van der Waals surface area contributed by atoms with Crippen molar-refractivity contribution in [1.29, 1.82) is 0 Å². The summed E-state index contributed by atoms with van der Waals surface area (Å²) in [5.74, 6) is -1.01. The number of urea groups is 1. The second-order valence-corrected chi connectivity index (χ2v) is 8.96. The van der Waals surface area contributed by atoms with Crippen molar-refractivity contribution in [2.75, 3.05) is 32.8 Å². The van der Waals surface area contributed by atoms with Gasteiger partial charge in [-0.3, -0.25) is 9.48 Å². The number of carbonyl (C=O) groups is 2. The molecule has 0 bridgehead atoms. The van der Waals surface area contributed by atoms with E-state index >= 15 is 0 Å². The van der Waals surface area contributed by atoms with Gasteiger partial charge in [-0.2, -0.15) is 13.2 Å². The van der Waals surface area contributed by atoms with Crippen molar-refractivity contribution in [1.82, 2.24) is 29.9 Å². The number of rotatable bonds is 2. The molecule has 1 aromatic rings. The number of halogens is 3. The van der Waals surface area contributed by atoms with Crippen LogP contribution in [0.5, 0.6) is 0 Å². The number of piperidine rings is 1. The van der Waals surface area contributed by atoms with Crippen molar-refractivity contribution >= 4 is 11.9 Å². The van der Waals surface area contributed by atoms with Gasteiger partial charge < -0.3 is 19.9 Å². The van der Waals surface area contributed by atoms with Crippen molar-refractivity contribution in [3.8, 4) is 0 Å². The molecule has 1 aliphatic carbocycles. The highest BCUT2D eigenvalue weighted by Crippen LogP contribution is 2.52. The zero-order valence-electron chi connectivity index (χ0n) is 16.3. The predicted molar refractivity (Wildman–Crippen MR) is 95.0 cm³/mol. The SMILES string of the molecule is O=C1COC2CCN(C(=O)N3CC4(CC(Cn5cnc(C(F)(F)F)n5)C4)C3)CC2N1. The second-order valence-electron chi connectivity index (χ2n) is 8.96. The number of fused-ring (bicyclic) bond motifs is 1. The molecule has 1 aromatic heterocycles. The summed E-state index contributed by atoms with van der Waals surface area (Å²) in [6.07, 6.45) is -0.991. The highest BCUT2D eigenvalue weighted by atomic mass is 19.4. The molecule has 30 heavy (non-hydrogen) atoms. The van der Waals surface area contributed by atoms with Crippen LogP contribution in [-0.2, 0) is 22.3 Å². The van der Waals surface area contributed by atoms with Crippen LogP contribution < -0.4 is 5.32 Å². The third-order valence-electron chi connectivity index (χ3n) is 6.60. The van der Waals surface area contributed by atoms with Gasteiger partial charge in [-0.05, 0) is 25.2 Å². The first-order valence-electron chi connectivity index (χ1n) is 10.1. The zero-order valence-corrected chi connectivity index (χ0v) is 16.3. The van der Waals surface area contributed by atoms with E-state index in [0.717, 1.165) is 19.2 Å². The summed E-state index contributed by atoms with van der Waals surface area (Å²) in [5.41, 5.74) is 0.0776. The Morgan fingerprint density at radius 1 is 1.30 bits per heavy atom. The summed E-state index contributed by atoms with van der Waals surface area (Å²) in [6, 6.07) is -0.176. The van der Waals surface area contributed by atoms with Gasteiger partial charge in [-0.15, -0.1) is 5.10 Å². The Labute approximate surface area is 170 Å². The maximum Gasteiger partial charge on any atom is 0.453 e. The van der Waals surface area contributed by atoms with Gasteiger partial charge in [0.1, 0.15) is 12.9 Å². The summed E-state index contributed by atoms with van der Waals surface area (Å²) < 4.78 is 44.6. The zero-order chi connectivity index (χ0) is 21.1. The minimum Gasteiger partial charge on any atom is -0.366 e. The lowest BCUT2D eigenvalue weighted by Gasteiger charge is -2.59. The minimum atomic E-state index is -4.53. The van der Waals surface area contributed by atoms with E-state index in [1.807, 2.05) is 4.90 Å². The Morgan fingerprint density at radius 3 is 2.77 bits per heavy atom. The fraction of sp³-hybridized carbons (Fsp3) is 0.778. The molecule has 1 saturated carbocycles. The van der Waals surface area contributed by atoms with Gasteiger partial charge in [0.2, 0.25) is 5.91 Å². The molecule has 4 heterocycles. The summed E-state index contributed by atoms with van der Waals surface area (Å²) in [6.45, 7) is 2.89. The highest BCUT2D eigenvalue weighted by molar-refractivity contribution is 5.79. The molecule has 1 N–H and O–H groups in total. The van der Waals surface area contributed by atoms with Crippen LogP contribution in [-0.4, -0.2) is 81.4 Å². The first kappa shape index (κ1) is 19.6. The van der Waals surface area contributed by atoms with E-state index in [4.69, 9.17) is 4.74 Å². The molecule has 4 aliphatic rings. The van der Waals surface area contributed by atoms with Crippen molar-refractivity contribution in [3.05, 3.63) is 12.2 Å². The van der Waals surface area contributed by atoms with E-state index in [1.54, 1.807) is 4.90 Å². The second kappa shape index (κ2) is 6.82. The number of nitrogens with zero attached hydrogens (tertiary/aromatic N) is 5. The Hall–Kier alpha value is -2.37. The maximum absolute atomic E-state index is 12.8. The van der Waals surface area contributed by atoms with Gasteiger partial charge in [-0.1, -0.05) is 0 Å². The summed E-state index contributed by atoms with van der Waals surface area (Å²) >= 11 is 0. The van der Waals surface area contributed by atoms with Crippen LogP contribution in [0.15, 0.2) is 6.33 Å². The van der Waals surface area contributed by atoms with Gasteiger partial charge in [0.05, 0.1) is 12.1 Å². The van der Waals surface area contributed by atoms with Crippen molar-refractivity contribution < 1.29 is 27.5 Å². The number of ether oxygens (including phenoxy) is 1. The standard InChI is InChI=1S/C18H23F3N6O3/c19-18(20,21)15-22-10-27(24-15)5-11-3-17(4-11)8-26(9-17)16(29)25-2-1-13-12(6-25)23-14(28)7-30-13/h10-13H,1-9H2,(H,23,28). The number of carbonyl (C=O) groups excluding carboxylic acids is 2. The van der Waals surface area contributed by atoms with Crippen LogP contribution in [0, 0.1) is 11.3 Å². The normalized spacial score (nSPS) is 28.6. The van der Waals surface area contributed by atoms with Crippen molar-refractivity contribution in [2.24, 2.45) is 11.3 Å². The predicted octanol–water partition coefficient (Wildman–Crippen LogP) is 0.718. The average Bonchev–Trinajstić information content (AvgIpc) is 3.10. The minimum absolute atomic E-state index is 0.0200. The van der Waals surface area contributed by atoms with Crippen LogP contribution in [0.1, 0.15) is 25.1 Å². The summed E-state index contributed by atoms with van der Waals surface area (Å²) in [7, 11) is 0. The van der Waals surface area contributed by atoms with E-state index < -0.39 is 12.0 Å². The van der Waals surface area contributed by atoms with Gasteiger partial charge in [0.15, 0.2) is 0 Å². The Balaban J connectivity index is 1.08. The molecule has 164 valence electrons. The maximum atomic E-state index is 12.8. The number of morpholine rings is 1. The topological polar surface area (TPSA) is 92.6 Å². The smallest absolute Gasteiger partial charge is 0.366 e. The van der Waals surface area contributed by atoms with Gasteiger partial charge in [-0.25, -0.2) is 9.78 Å². The first-order valence-corrected chi connectivity index (χ1v) is 10.1. The fourth-order valence-electron chi connectivity index (χ4n) is 5.30. The first-order chi connectivity index (χ1) is 14.2. The molecule has 2 atom stereocenters. The van der Waals surface area contributed by atoms with Crippen LogP contribution in [0.4, 0.5) is 18.0 Å². The number of nitrogens with one attached hydrogen (secondary N) is 1. The lowest BCUT2D eigenvalue weighted by atomic mass is 9.58. The van der Waals surface area contributed by atoms with Gasteiger partial charge in [0, 0.05) is 38.1 Å². The number of alkyl halides is 3. The molecule has 4 fully saturated rings. The third-order valence-corrected chi connectivity index (χ3v) is 6.60. The number of aromatic nitrogens is 3. The van der Waals surface area contributed by atoms with Crippen molar-refractivity contribution in [2.45, 2.75) is 44.1 Å². The Kier molecular flexibility index (Phi) is 4.46. The molecule has 3 aliphatic heterocycles. The number of hydrogen-bond donors (Lipinski definition) is 1. The Bertz CT molecular complexity index is 844. The quantitative estimate of drug-likeness (QED) is 0.750. The van der Waals surface area contributed by atoms with Crippen LogP contribution in [0.25, 0.3) is 0 Å². The summed E-state index contributed by atoms with van der Waals surface area (Å²) in [5, 5.41) is 6.40. The highest BCUT2D eigenvalue weighted by Gasteiger charge is 2.54. The number of amides is 3. The lowest BCUT2D eigenvalue weighted by molar-refractivity contribution is -0.145. The molecular formula is C18H23F3N6O3. The molecule has 1 spiro atoms. The summed E-state index contributed by atoms with van der Waals surface area (Å²) in [4.78, 5) is 31.2. The molecule has 3 saturated heterocycles.